The molecule has 1 fully saturated rings. The van der Waals surface area contributed by atoms with Crippen molar-refractivity contribution in [2.75, 3.05) is 24.2 Å². The van der Waals surface area contributed by atoms with E-state index in [0.29, 0.717) is 16.0 Å². The molecule has 24 heavy (non-hydrogen) atoms. The summed E-state index contributed by atoms with van der Waals surface area (Å²) in [6.07, 6.45) is 2.21. The first-order valence-electron chi connectivity index (χ1n) is 7.56. The Morgan fingerprint density at radius 2 is 2.21 bits per heavy atom. The largest absolute Gasteiger partial charge is 0.376 e. The van der Waals surface area contributed by atoms with Crippen LogP contribution in [0.1, 0.15) is 12.8 Å². The summed E-state index contributed by atoms with van der Waals surface area (Å²) in [5, 5.41) is 14.6. The van der Waals surface area contributed by atoms with Gasteiger partial charge in [0.2, 0.25) is 11.0 Å². The van der Waals surface area contributed by atoms with Gasteiger partial charge in [-0.1, -0.05) is 23.1 Å². The second-order valence-electron chi connectivity index (χ2n) is 5.23. The van der Waals surface area contributed by atoms with Crippen LogP contribution < -0.4 is 10.6 Å². The van der Waals surface area contributed by atoms with E-state index in [1.165, 1.54) is 35.2 Å². The number of aromatic nitrogens is 2. The predicted octanol–water partition coefficient (Wildman–Crippen LogP) is 2.81. The summed E-state index contributed by atoms with van der Waals surface area (Å²) in [4.78, 5) is 11.8. The van der Waals surface area contributed by atoms with Gasteiger partial charge in [-0.2, -0.15) is 0 Å². The number of rotatable bonds is 7. The maximum absolute atomic E-state index is 12.9. The number of thioether (sulfide) groups is 1. The molecule has 0 radical (unpaired) electrons. The van der Waals surface area contributed by atoms with Crippen LogP contribution in [0.4, 0.5) is 15.2 Å². The van der Waals surface area contributed by atoms with Gasteiger partial charge in [-0.25, -0.2) is 4.39 Å². The molecule has 3 rings (SSSR count). The molecule has 128 valence electrons. The molecule has 2 heterocycles. The number of amides is 1. The van der Waals surface area contributed by atoms with Gasteiger partial charge in [-0.05, 0) is 37.1 Å². The quantitative estimate of drug-likeness (QED) is 0.732. The van der Waals surface area contributed by atoms with Gasteiger partial charge in [0.25, 0.3) is 0 Å². The van der Waals surface area contributed by atoms with Crippen molar-refractivity contribution in [3.8, 4) is 0 Å². The van der Waals surface area contributed by atoms with E-state index in [1.54, 1.807) is 12.1 Å². The van der Waals surface area contributed by atoms with Crippen molar-refractivity contribution in [2.24, 2.45) is 0 Å². The van der Waals surface area contributed by atoms with Crippen molar-refractivity contribution >= 4 is 39.8 Å². The van der Waals surface area contributed by atoms with Crippen LogP contribution in [-0.2, 0) is 9.53 Å². The lowest BCUT2D eigenvalue weighted by atomic mass is 10.2. The monoisotopic (exact) mass is 368 g/mol. The number of benzene rings is 1. The third kappa shape index (κ3) is 5.15. The average Bonchev–Trinajstić information content (AvgIpc) is 3.25. The fourth-order valence-electron chi connectivity index (χ4n) is 2.19. The SMILES string of the molecule is O=C(CSc1nnc(Nc2ccc(F)cc2)s1)NCC1CCCO1. The molecule has 0 bridgehead atoms. The lowest BCUT2D eigenvalue weighted by Gasteiger charge is -2.09. The first-order chi connectivity index (χ1) is 11.7. The van der Waals surface area contributed by atoms with Crippen LogP contribution in [0, 0.1) is 5.82 Å². The number of nitrogens with one attached hydrogen (secondary N) is 2. The van der Waals surface area contributed by atoms with E-state index >= 15 is 0 Å². The highest BCUT2D eigenvalue weighted by Gasteiger charge is 2.16. The zero-order valence-corrected chi connectivity index (χ0v) is 14.5. The number of carbonyl (C=O) groups is 1. The highest BCUT2D eigenvalue weighted by molar-refractivity contribution is 8.01. The van der Waals surface area contributed by atoms with Crippen LogP contribution >= 0.6 is 23.1 Å². The van der Waals surface area contributed by atoms with E-state index in [2.05, 4.69) is 20.8 Å². The van der Waals surface area contributed by atoms with Crippen LogP contribution in [-0.4, -0.2) is 41.1 Å². The molecule has 1 saturated heterocycles. The molecule has 1 aliphatic heterocycles. The number of ether oxygens (including phenoxy) is 1. The zero-order valence-electron chi connectivity index (χ0n) is 12.8. The fourth-order valence-corrected chi connectivity index (χ4v) is 3.79. The van der Waals surface area contributed by atoms with Gasteiger partial charge >= 0.3 is 0 Å². The minimum Gasteiger partial charge on any atom is -0.376 e. The Bertz CT molecular complexity index is 674. The molecule has 6 nitrogen and oxygen atoms in total. The van der Waals surface area contributed by atoms with Gasteiger partial charge in [0.1, 0.15) is 5.82 Å². The van der Waals surface area contributed by atoms with Gasteiger partial charge in [0, 0.05) is 18.8 Å². The lowest BCUT2D eigenvalue weighted by Crippen LogP contribution is -2.32. The zero-order chi connectivity index (χ0) is 16.8. The summed E-state index contributed by atoms with van der Waals surface area (Å²) >= 11 is 2.69. The number of halogens is 1. The Morgan fingerprint density at radius 3 is 2.96 bits per heavy atom. The van der Waals surface area contributed by atoms with Crippen LogP contribution in [0.15, 0.2) is 28.6 Å². The number of nitrogens with zero attached hydrogens (tertiary/aromatic N) is 2. The molecule has 1 aliphatic rings. The van der Waals surface area contributed by atoms with Crippen molar-refractivity contribution in [2.45, 2.75) is 23.3 Å². The first-order valence-corrected chi connectivity index (χ1v) is 9.36. The van der Waals surface area contributed by atoms with E-state index < -0.39 is 0 Å². The number of hydrogen-bond donors (Lipinski definition) is 2. The van der Waals surface area contributed by atoms with E-state index in [1.807, 2.05) is 0 Å². The highest BCUT2D eigenvalue weighted by Crippen LogP contribution is 2.27. The average molecular weight is 368 g/mol. The van der Waals surface area contributed by atoms with E-state index in [-0.39, 0.29) is 23.6 Å². The highest BCUT2D eigenvalue weighted by atomic mass is 32.2. The molecule has 0 aliphatic carbocycles. The van der Waals surface area contributed by atoms with Crippen LogP contribution in [0.25, 0.3) is 0 Å². The Labute approximate surface area is 147 Å². The number of hydrogen-bond acceptors (Lipinski definition) is 7. The first kappa shape index (κ1) is 17.1. The smallest absolute Gasteiger partial charge is 0.230 e. The van der Waals surface area contributed by atoms with E-state index in [9.17, 15) is 9.18 Å². The Hall–Kier alpha value is -1.71. The molecular formula is C15H17FN4O2S2. The number of carbonyl (C=O) groups excluding carboxylic acids is 1. The van der Waals surface area contributed by atoms with E-state index in [4.69, 9.17) is 4.74 Å². The molecule has 1 unspecified atom stereocenters. The molecule has 1 aromatic heterocycles. The van der Waals surface area contributed by atoms with Gasteiger partial charge in [-0.3, -0.25) is 4.79 Å². The molecule has 1 aromatic carbocycles. The van der Waals surface area contributed by atoms with Crippen LogP contribution in [0.2, 0.25) is 0 Å². The summed E-state index contributed by atoms with van der Waals surface area (Å²) < 4.78 is 19.0. The Morgan fingerprint density at radius 1 is 1.38 bits per heavy atom. The second-order valence-corrected chi connectivity index (χ2v) is 7.43. The van der Waals surface area contributed by atoms with Crippen LogP contribution in [0.3, 0.4) is 0 Å². The third-order valence-electron chi connectivity index (χ3n) is 3.38. The maximum Gasteiger partial charge on any atom is 0.230 e. The van der Waals surface area contributed by atoms with Gasteiger partial charge in [0.15, 0.2) is 4.34 Å². The molecule has 2 N–H and O–H groups in total. The summed E-state index contributed by atoms with van der Waals surface area (Å²) in [5.74, 6) is -0.0421. The molecular weight excluding hydrogens is 351 g/mol. The predicted molar refractivity (Wildman–Crippen MR) is 92.3 cm³/mol. The standard InChI is InChI=1S/C15H17FN4O2S2/c16-10-3-5-11(6-4-10)18-14-19-20-15(24-14)23-9-13(21)17-8-12-2-1-7-22-12/h3-6,12H,1-2,7-9H2,(H,17,21)(H,18,19). The second kappa shape index (κ2) is 8.41. The lowest BCUT2D eigenvalue weighted by molar-refractivity contribution is -0.119. The fraction of sp³-hybridized carbons (Fsp3) is 0.400. The summed E-state index contributed by atoms with van der Waals surface area (Å²) in [6.45, 7) is 1.34. The van der Waals surface area contributed by atoms with Crippen molar-refractivity contribution in [3.63, 3.8) is 0 Å². The molecule has 1 atom stereocenters. The third-order valence-corrected chi connectivity index (χ3v) is 5.35. The summed E-state index contributed by atoms with van der Waals surface area (Å²) in [5.41, 5.74) is 0.735. The maximum atomic E-state index is 12.9. The van der Waals surface area contributed by atoms with Crippen molar-refractivity contribution in [1.82, 2.24) is 15.5 Å². The minimum absolute atomic E-state index is 0.0428. The normalized spacial score (nSPS) is 17.0. The van der Waals surface area contributed by atoms with Crippen molar-refractivity contribution < 1.29 is 13.9 Å². The topological polar surface area (TPSA) is 76.1 Å². The Kier molecular flexibility index (Phi) is 6.00. The van der Waals surface area contributed by atoms with Crippen molar-refractivity contribution in [3.05, 3.63) is 30.1 Å². The molecule has 2 aromatic rings. The van der Waals surface area contributed by atoms with Gasteiger partial charge in [0.05, 0.1) is 11.9 Å². The number of anilines is 2. The van der Waals surface area contributed by atoms with E-state index in [0.717, 1.165) is 25.1 Å². The van der Waals surface area contributed by atoms with Crippen LogP contribution in [0.5, 0.6) is 0 Å². The molecule has 0 spiro atoms. The van der Waals surface area contributed by atoms with Gasteiger partial charge < -0.3 is 15.4 Å². The van der Waals surface area contributed by atoms with Crippen molar-refractivity contribution in [1.29, 1.82) is 0 Å². The molecule has 0 saturated carbocycles. The Balaban J connectivity index is 1.42. The summed E-state index contributed by atoms with van der Waals surface area (Å²) in [7, 11) is 0. The summed E-state index contributed by atoms with van der Waals surface area (Å²) in [6, 6.07) is 6.00. The minimum atomic E-state index is -0.289. The van der Waals surface area contributed by atoms with Gasteiger partial charge in [-0.15, -0.1) is 10.2 Å². The molecule has 9 heteroatoms. The molecule has 1 amide bonds.